The van der Waals surface area contributed by atoms with E-state index in [1.807, 2.05) is 20.8 Å². The summed E-state index contributed by atoms with van der Waals surface area (Å²) in [5, 5.41) is 0. The van der Waals surface area contributed by atoms with Gasteiger partial charge in [-0.1, -0.05) is 12.1 Å². The maximum atomic E-state index is 12.9. The zero-order valence-corrected chi connectivity index (χ0v) is 21.8. The molecule has 8 nitrogen and oxygen atoms in total. The van der Waals surface area contributed by atoms with Gasteiger partial charge >= 0.3 is 5.97 Å². The second-order valence-corrected chi connectivity index (χ2v) is 12.1. The van der Waals surface area contributed by atoms with E-state index in [2.05, 4.69) is 4.72 Å². The van der Waals surface area contributed by atoms with E-state index in [1.54, 1.807) is 26.0 Å². The molecular formula is C23H32N2O6S2. The van der Waals surface area contributed by atoms with Crippen LogP contribution in [-0.4, -0.2) is 47.8 Å². The minimum absolute atomic E-state index is 0.100. The van der Waals surface area contributed by atoms with Crippen molar-refractivity contribution in [2.24, 2.45) is 0 Å². The molecule has 2 rings (SSSR count). The van der Waals surface area contributed by atoms with Crippen LogP contribution in [0.1, 0.15) is 39.8 Å². The molecule has 0 heterocycles. The average Bonchev–Trinajstić information content (AvgIpc) is 2.74. The molecule has 0 saturated carbocycles. The van der Waals surface area contributed by atoms with Crippen LogP contribution in [0.4, 0.5) is 0 Å². The highest BCUT2D eigenvalue weighted by Gasteiger charge is 2.23. The van der Waals surface area contributed by atoms with E-state index < -0.39 is 26.0 Å². The number of esters is 1. The predicted molar refractivity (Wildman–Crippen MR) is 127 cm³/mol. The molecule has 0 saturated heterocycles. The van der Waals surface area contributed by atoms with Gasteiger partial charge in [-0.2, -0.15) is 0 Å². The van der Waals surface area contributed by atoms with E-state index in [4.69, 9.17) is 4.74 Å². The summed E-state index contributed by atoms with van der Waals surface area (Å²) >= 11 is 0. The van der Waals surface area contributed by atoms with Gasteiger partial charge in [0.25, 0.3) is 0 Å². The van der Waals surface area contributed by atoms with Gasteiger partial charge in [-0.05, 0) is 80.1 Å². The Kier molecular flexibility index (Phi) is 8.45. The largest absolute Gasteiger partial charge is 0.461 e. The normalized spacial score (nSPS) is 12.2. The summed E-state index contributed by atoms with van der Waals surface area (Å²) in [6.45, 7) is 9.09. The number of nitrogens with zero attached hydrogens (tertiary/aromatic N) is 1. The lowest BCUT2D eigenvalue weighted by Crippen LogP contribution is -2.28. The molecule has 0 radical (unpaired) electrons. The van der Waals surface area contributed by atoms with Crippen LogP contribution >= 0.6 is 0 Å². The van der Waals surface area contributed by atoms with E-state index in [-0.39, 0.29) is 29.4 Å². The van der Waals surface area contributed by atoms with Gasteiger partial charge in [0.15, 0.2) is 0 Å². The minimum atomic E-state index is -3.81. The van der Waals surface area contributed by atoms with Crippen molar-refractivity contribution in [3.8, 4) is 0 Å². The number of hydrogen-bond donors (Lipinski definition) is 1. The van der Waals surface area contributed by atoms with Gasteiger partial charge < -0.3 is 4.74 Å². The quantitative estimate of drug-likeness (QED) is 0.535. The van der Waals surface area contributed by atoms with Crippen molar-refractivity contribution >= 4 is 26.0 Å². The van der Waals surface area contributed by atoms with Crippen LogP contribution in [0.2, 0.25) is 0 Å². The number of benzene rings is 2. The molecule has 0 bridgehead atoms. The Bertz CT molecular complexity index is 1240. The van der Waals surface area contributed by atoms with Crippen LogP contribution in [0.15, 0.2) is 34.1 Å². The summed E-state index contributed by atoms with van der Waals surface area (Å²) < 4.78 is 59.1. The first-order chi connectivity index (χ1) is 15.2. The Balaban J connectivity index is 2.01. The van der Waals surface area contributed by atoms with Crippen molar-refractivity contribution in [3.05, 3.63) is 57.6 Å². The molecule has 0 aliphatic heterocycles. The van der Waals surface area contributed by atoms with Gasteiger partial charge in [0.2, 0.25) is 20.0 Å². The molecule has 0 fully saturated rings. The summed E-state index contributed by atoms with van der Waals surface area (Å²) in [4.78, 5) is 12.5. The molecule has 0 aromatic heterocycles. The van der Waals surface area contributed by atoms with Crippen molar-refractivity contribution < 1.29 is 26.4 Å². The fourth-order valence-electron chi connectivity index (χ4n) is 3.47. The van der Waals surface area contributed by atoms with Gasteiger partial charge in [-0.25, -0.2) is 25.9 Å². The molecule has 0 aliphatic carbocycles. The molecule has 2 aromatic rings. The topological polar surface area (TPSA) is 110 Å². The first-order valence-corrected chi connectivity index (χ1v) is 13.4. The first kappa shape index (κ1) is 27.0. The van der Waals surface area contributed by atoms with Gasteiger partial charge in [0.05, 0.1) is 16.2 Å². The molecule has 0 atom stereocenters. The van der Waals surface area contributed by atoms with E-state index in [0.29, 0.717) is 16.7 Å². The number of rotatable bonds is 9. The Labute approximate surface area is 197 Å². The van der Waals surface area contributed by atoms with Gasteiger partial charge in [-0.3, -0.25) is 4.79 Å². The Morgan fingerprint density at radius 3 is 2.00 bits per heavy atom. The second kappa shape index (κ2) is 10.3. The molecule has 0 spiro atoms. The highest BCUT2D eigenvalue weighted by Crippen LogP contribution is 2.29. The molecular weight excluding hydrogens is 464 g/mol. The lowest BCUT2D eigenvalue weighted by atomic mass is 9.95. The number of nitrogens with one attached hydrogen (secondary N) is 1. The standard InChI is InChI=1S/C23H32N2O6S2/c1-15-16(2)18(4)23(19(5)17(15)3)32(27,28)24-12-11-22(26)31-14-20-9-8-10-21(13-20)33(29,30)25(6)7/h8-10,13,24H,11-12,14H2,1-7H3. The lowest BCUT2D eigenvalue weighted by molar-refractivity contribution is -0.144. The maximum absolute atomic E-state index is 12.9. The Hall–Kier alpha value is -2.27. The summed E-state index contributed by atoms with van der Waals surface area (Å²) in [5.74, 6) is -0.594. The third kappa shape index (κ3) is 6.00. The van der Waals surface area contributed by atoms with E-state index >= 15 is 0 Å². The van der Waals surface area contributed by atoms with E-state index in [1.165, 1.54) is 26.2 Å². The summed E-state index contributed by atoms with van der Waals surface area (Å²) in [7, 11) is -4.53. The number of carbonyl (C=O) groups is 1. The van der Waals surface area contributed by atoms with Gasteiger partial charge in [0.1, 0.15) is 6.61 Å². The molecule has 1 N–H and O–H groups in total. The third-order valence-corrected chi connectivity index (χ3v) is 9.44. The van der Waals surface area contributed by atoms with Crippen LogP contribution in [0.25, 0.3) is 0 Å². The molecule has 0 unspecified atom stereocenters. The molecule has 0 amide bonds. The molecule has 10 heteroatoms. The number of hydrogen-bond acceptors (Lipinski definition) is 6. The molecule has 0 aliphatic rings. The van der Waals surface area contributed by atoms with Crippen molar-refractivity contribution in [1.29, 1.82) is 0 Å². The summed E-state index contributed by atoms with van der Waals surface area (Å²) in [5.41, 5.74) is 4.82. The van der Waals surface area contributed by atoms with E-state index in [9.17, 15) is 21.6 Å². The Morgan fingerprint density at radius 1 is 0.909 bits per heavy atom. The van der Waals surface area contributed by atoms with Crippen molar-refractivity contribution in [3.63, 3.8) is 0 Å². The lowest BCUT2D eigenvalue weighted by Gasteiger charge is -2.19. The fraction of sp³-hybridized carbons (Fsp3) is 0.435. The maximum Gasteiger partial charge on any atom is 0.307 e. The predicted octanol–water partition coefficient (Wildman–Crippen LogP) is 2.89. The van der Waals surface area contributed by atoms with Gasteiger partial charge in [0, 0.05) is 20.6 Å². The zero-order chi connectivity index (χ0) is 25.1. The van der Waals surface area contributed by atoms with Crippen LogP contribution in [0.3, 0.4) is 0 Å². The monoisotopic (exact) mass is 496 g/mol. The first-order valence-electron chi connectivity index (χ1n) is 10.4. The van der Waals surface area contributed by atoms with Crippen LogP contribution in [0.5, 0.6) is 0 Å². The highest BCUT2D eigenvalue weighted by atomic mass is 32.2. The number of carbonyl (C=O) groups excluding carboxylic acids is 1. The van der Waals surface area contributed by atoms with Gasteiger partial charge in [-0.15, -0.1) is 0 Å². The Morgan fingerprint density at radius 2 is 1.45 bits per heavy atom. The smallest absolute Gasteiger partial charge is 0.307 e. The van der Waals surface area contributed by atoms with Crippen LogP contribution in [0, 0.1) is 34.6 Å². The SMILES string of the molecule is Cc1c(C)c(C)c(S(=O)(=O)NCCC(=O)OCc2cccc(S(=O)(=O)N(C)C)c2)c(C)c1C. The molecule has 2 aromatic carbocycles. The van der Waals surface area contributed by atoms with Crippen LogP contribution < -0.4 is 4.72 Å². The highest BCUT2D eigenvalue weighted by molar-refractivity contribution is 7.89. The number of sulfonamides is 2. The van der Waals surface area contributed by atoms with E-state index in [0.717, 1.165) is 21.0 Å². The molecule has 182 valence electrons. The summed E-state index contributed by atoms with van der Waals surface area (Å²) in [6.07, 6.45) is -0.156. The molecule has 33 heavy (non-hydrogen) atoms. The minimum Gasteiger partial charge on any atom is -0.461 e. The second-order valence-electron chi connectivity index (χ2n) is 8.20. The van der Waals surface area contributed by atoms with Crippen LogP contribution in [-0.2, 0) is 36.2 Å². The van der Waals surface area contributed by atoms with Crippen molar-refractivity contribution in [2.45, 2.75) is 57.4 Å². The fourth-order valence-corrected chi connectivity index (χ4v) is 6.07. The van der Waals surface area contributed by atoms with Crippen molar-refractivity contribution in [1.82, 2.24) is 9.03 Å². The third-order valence-electron chi connectivity index (χ3n) is 5.90. The summed E-state index contributed by atoms with van der Waals surface area (Å²) in [6, 6.07) is 6.13. The zero-order valence-electron chi connectivity index (χ0n) is 20.1. The van der Waals surface area contributed by atoms with Crippen molar-refractivity contribution in [2.75, 3.05) is 20.6 Å². The average molecular weight is 497 g/mol. The number of ether oxygens (including phenoxy) is 1.